The summed E-state index contributed by atoms with van der Waals surface area (Å²) in [4.78, 5) is 25.6. The van der Waals surface area contributed by atoms with Gasteiger partial charge in [-0.1, -0.05) is 30.3 Å². The average molecular weight is 491 g/mol. The molecule has 1 heterocycles. The van der Waals surface area contributed by atoms with E-state index in [1.165, 1.54) is 21.3 Å². The minimum absolute atomic E-state index is 0.109. The van der Waals surface area contributed by atoms with Gasteiger partial charge in [0.1, 0.15) is 11.5 Å². The van der Waals surface area contributed by atoms with Crippen LogP contribution in [0.4, 0.5) is 0 Å². The molecular formula is C28H26O8. The molecule has 0 spiro atoms. The molecule has 8 nitrogen and oxygen atoms in total. The molecule has 0 aromatic heterocycles. The smallest absolute Gasteiger partial charge is 0.352 e. The quantitative estimate of drug-likeness (QED) is 0.305. The zero-order valence-electron chi connectivity index (χ0n) is 20.4. The molecule has 36 heavy (non-hydrogen) atoms. The van der Waals surface area contributed by atoms with Gasteiger partial charge in [0.25, 0.3) is 0 Å². The lowest BCUT2D eigenvalue weighted by Gasteiger charge is -2.18. The van der Waals surface area contributed by atoms with Crippen molar-refractivity contribution in [3.8, 4) is 28.7 Å². The van der Waals surface area contributed by atoms with Crippen LogP contribution in [0.1, 0.15) is 34.5 Å². The Bertz CT molecular complexity index is 1300. The molecule has 0 amide bonds. The average Bonchev–Trinajstić information content (AvgIpc) is 3.21. The highest BCUT2D eigenvalue weighted by atomic mass is 16.6. The van der Waals surface area contributed by atoms with Crippen LogP contribution < -0.4 is 23.7 Å². The van der Waals surface area contributed by atoms with E-state index in [2.05, 4.69) is 0 Å². The van der Waals surface area contributed by atoms with Crippen molar-refractivity contribution in [1.29, 1.82) is 0 Å². The second-order valence-corrected chi connectivity index (χ2v) is 7.68. The topological polar surface area (TPSA) is 89.5 Å². The molecule has 3 aromatic rings. The van der Waals surface area contributed by atoms with Gasteiger partial charge in [-0.05, 0) is 37.3 Å². The highest BCUT2D eigenvalue weighted by molar-refractivity contribution is 6.14. The first-order chi connectivity index (χ1) is 17.5. The molecule has 1 aliphatic heterocycles. The number of Topliss-reactive ketones (excluding diaryl/α,β-unsaturated/α-hetero) is 1. The zero-order valence-corrected chi connectivity index (χ0v) is 20.4. The summed E-state index contributed by atoms with van der Waals surface area (Å²) in [6.07, 6.45) is 0.613. The number of fused-ring (bicyclic) bond motifs is 1. The van der Waals surface area contributed by atoms with Crippen LogP contribution >= 0.6 is 0 Å². The number of hydrogen-bond acceptors (Lipinski definition) is 8. The predicted octanol–water partition coefficient (Wildman–Crippen LogP) is 5.01. The second-order valence-electron chi connectivity index (χ2n) is 7.68. The Balaban J connectivity index is 1.63. The molecule has 4 rings (SSSR count). The Hall–Kier alpha value is -4.46. The highest BCUT2D eigenvalue weighted by Gasteiger charge is 2.30. The van der Waals surface area contributed by atoms with E-state index in [0.29, 0.717) is 45.4 Å². The molecule has 0 N–H and O–H groups in total. The molecule has 0 saturated heterocycles. The van der Waals surface area contributed by atoms with Crippen LogP contribution in [0.15, 0.2) is 66.4 Å². The second kappa shape index (κ2) is 10.9. The largest absolute Gasteiger partial charge is 0.493 e. The van der Waals surface area contributed by atoms with Gasteiger partial charge in [-0.25, -0.2) is 4.79 Å². The lowest BCUT2D eigenvalue weighted by Crippen LogP contribution is -2.21. The number of carbonyl (C=O) groups is 2. The summed E-state index contributed by atoms with van der Waals surface area (Å²) in [5, 5.41) is 0. The third-order valence-electron chi connectivity index (χ3n) is 5.52. The van der Waals surface area contributed by atoms with Crippen LogP contribution in [0.3, 0.4) is 0 Å². The van der Waals surface area contributed by atoms with E-state index >= 15 is 0 Å². The number of methoxy groups -OCH3 is 3. The Labute approximate surface area is 209 Å². The maximum Gasteiger partial charge on any atom is 0.352 e. The lowest BCUT2D eigenvalue weighted by molar-refractivity contribution is -0.151. The molecule has 0 bridgehead atoms. The minimum atomic E-state index is -0.965. The van der Waals surface area contributed by atoms with Crippen molar-refractivity contribution in [2.75, 3.05) is 27.9 Å². The third-order valence-corrected chi connectivity index (χ3v) is 5.52. The normalized spacial score (nSPS) is 14.0. The molecule has 0 aliphatic carbocycles. The SMILES string of the molecule is CCOC(=O)C(Oc1ccc2c(c1)OC(=Cc1ccc(OC)c(OC)c1OC)C2=O)c1ccccc1. The van der Waals surface area contributed by atoms with E-state index in [1.54, 1.807) is 55.5 Å². The van der Waals surface area contributed by atoms with Crippen molar-refractivity contribution in [3.63, 3.8) is 0 Å². The van der Waals surface area contributed by atoms with Crippen LogP contribution in [0.5, 0.6) is 28.7 Å². The van der Waals surface area contributed by atoms with Gasteiger partial charge in [-0.15, -0.1) is 0 Å². The minimum Gasteiger partial charge on any atom is -0.493 e. The molecular weight excluding hydrogens is 464 g/mol. The monoisotopic (exact) mass is 490 g/mol. The molecule has 186 valence electrons. The van der Waals surface area contributed by atoms with Gasteiger partial charge in [-0.2, -0.15) is 0 Å². The summed E-state index contributed by atoms with van der Waals surface area (Å²) >= 11 is 0. The maximum absolute atomic E-state index is 13.0. The van der Waals surface area contributed by atoms with Crippen LogP contribution in [0.25, 0.3) is 6.08 Å². The van der Waals surface area contributed by atoms with Crippen LogP contribution in [-0.2, 0) is 9.53 Å². The Morgan fingerprint density at radius 3 is 2.36 bits per heavy atom. The van der Waals surface area contributed by atoms with Gasteiger partial charge >= 0.3 is 5.97 Å². The fraction of sp³-hybridized carbons (Fsp3) is 0.214. The van der Waals surface area contributed by atoms with Crippen LogP contribution in [0.2, 0.25) is 0 Å². The third kappa shape index (κ3) is 4.84. The first kappa shape index (κ1) is 24.7. The fourth-order valence-electron chi connectivity index (χ4n) is 3.85. The molecule has 3 aromatic carbocycles. The van der Waals surface area contributed by atoms with Crippen LogP contribution in [0, 0.1) is 0 Å². The number of ketones is 1. The summed E-state index contributed by atoms with van der Waals surface area (Å²) in [6, 6.07) is 17.3. The van der Waals surface area contributed by atoms with E-state index in [0.717, 1.165) is 0 Å². The van der Waals surface area contributed by atoms with Gasteiger partial charge in [0, 0.05) is 17.2 Å². The van der Waals surface area contributed by atoms with Crippen LogP contribution in [-0.4, -0.2) is 39.7 Å². The number of benzene rings is 3. The summed E-state index contributed by atoms with van der Waals surface area (Å²) in [7, 11) is 4.53. The Morgan fingerprint density at radius 2 is 1.69 bits per heavy atom. The Kier molecular flexibility index (Phi) is 7.44. The molecule has 1 atom stereocenters. The number of hydrogen-bond donors (Lipinski definition) is 0. The summed E-state index contributed by atoms with van der Waals surface area (Å²) in [6.45, 7) is 1.96. The number of esters is 1. The number of allylic oxidation sites excluding steroid dienone is 1. The molecule has 8 heteroatoms. The summed E-state index contributed by atoms with van der Waals surface area (Å²) in [5.41, 5.74) is 1.60. The van der Waals surface area contributed by atoms with E-state index in [-0.39, 0.29) is 18.1 Å². The van der Waals surface area contributed by atoms with E-state index < -0.39 is 12.1 Å². The first-order valence-corrected chi connectivity index (χ1v) is 11.3. The van der Waals surface area contributed by atoms with Gasteiger partial charge < -0.3 is 28.4 Å². The van der Waals surface area contributed by atoms with Crippen molar-refractivity contribution >= 4 is 17.8 Å². The van der Waals surface area contributed by atoms with Crippen molar-refractivity contribution in [2.45, 2.75) is 13.0 Å². The lowest BCUT2D eigenvalue weighted by atomic mass is 10.1. The molecule has 0 radical (unpaired) electrons. The number of rotatable bonds is 9. The molecule has 0 saturated carbocycles. The van der Waals surface area contributed by atoms with Crippen molar-refractivity contribution < 1.29 is 38.0 Å². The van der Waals surface area contributed by atoms with Gasteiger partial charge in [0.05, 0.1) is 33.5 Å². The standard InChI is InChI=1S/C28H26O8/c1-5-34-28(30)26(17-9-7-6-8-10-17)35-19-12-13-20-22(16-19)36-23(24(20)29)15-18-11-14-21(31-2)27(33-4)25(18)32-3/h6-16,26H,5H2,1-4H3. The molecule has 1 aliphatic rings. The van der Waals surface area contributed by atoms with E-state index in [9.17, 15) is 9.59 Å². The highest BCUT2D eigenvalue weighted by Crippen LogP contribution is 2.42. The number of carbonyl (C=O) groups excluding carboxylic acids is 2. The summed E-state index contributed by atoms with van der Waals surface area (Å²) in [5.74, 6) is 1.28. The molecule has 0 fully saturated rings. The predicted molar refractivity (Wildman–Crippen MR) is 132 cm³/mol. The fourth-order valence-corrected chi connectivity index (χ4v) is 3.85. The zero-order chi connectivity index (χ0) is 25.7. The Morgan fingerprint density at radius 1 is 0.944 bits per heavy atom. The van der Waals surface area contributed by atoms with E-state index in [1.807, 2.05) is 18.2 Å². The van der Waals surface area contributed by atoms with Gasteiger partial charge in [0.15, 0.2) is 17.3 Å². The molecule has 1 unspecified atom stereocenters. The van der Waals surface area contributed by atoms with Gasteiger partial charge in [0.2, 0.25) is 17.6 Å². The number of ether oxygens (including phenoxy) is 6. The van der Waals surface area contributed by atoms with Crippen molar-refractivity contribution in [2.24, 2.45) is 0 Å². The van der Waals surface area contributed by atoms with Crippen molar-refractivity contribution in [3.05, 3.63) is 83.1 Å². The summed E-state index contributed by atoms with van der Waals surface area (Å²) < 4.78 is 33.3. The first-order valence-electron chi connectivity index (χ1n) is 11.3. The maximum atomic E-state index is 13.0. The van der Waals surface area contributed by atoms with E-state index in [4.69, 9.17) is 28.4 Å². The van der Waals surface area contributed by atoms with Gasteiger partial charge in [-0.3, -0.25) is 4.79 Å². The van der Waals surface area contributed by atoms with Crippen molar-refractivity contribution in [1.82, 2.24) is 0 Å².